The van der Waals surface area contributed by atoms with E-state index in [-0.39, 0.29) is 12.0 Å². The lowest BCUT2D eigenvalue weighted by Crippen LogP contribution is -2.44. The zero-order chi connectivity index (χ0) is 34.4. The number of aliphatic hydroxyl groups excluding tert-OH is 1. The van der Waals surface area contributed by atoms with Gasteiger partial charge in [-0.05, 0) is 91.1 Å². The first-order valence-electron chi connectivity index (χ1n) is 20.1. The van der Waals surface area contributed by atoms with Gasteiger partial charge in [-0.1, -0.05) is 140 Å². The van der Waals surface area contributed by atoms with Crippen LogP contribution < -0.4 is 0 Å². The van der Waals surface area contributed by atoms with Gasteiger partial charge < -0.3 is 19.5 Å². The largest absolute Gasteiger partial charge is 0.396 e. The summed E-state index contributed by atoms with van der Waals surface area (Å²) in [7, 11) is 4.13. The molecule has 0 saturated carbocycles. The van der Waals surface area contributed by atoms with Crippen LogP contribution in [0.3, 0.4) is 0 Å². The van der Waals surface area contributed by atoms with Crippen LogP contribution in [0.25, 0.3) is 0 Å². The fourth-order valence-corrected chi connectivity index (χ4v) is 5.91. The van der Waals surface area contributed by atoms with Gasteiger partial charge in [0.2, 0.25) is 0 Å². The van der Waals surface area contributed by atoms with Crippen LogP contribution in [0.5, 0.6) is 0 Å². The predicted molar refractivity (Wildman–Crippen MR) is 208 cm³/mol. The average Bonchev–Trinajstić information content (AvgIpc) is 3.06. The maximum Gasteiger partial charge on any atom is 0.0579 e. The number of unbranched alkanes of at least 4 members (excludes halogenated alkanes) is 18. The molecule has 0 aliphatic carbocycles. The Labute approximate surface area is 294 Å². The van der Waals surface area contributed by atoms with E-state index in [0.29, 0.717) is 13.2 Å². The van der Waals surface area contributed by atoms with Crippen molar-refractivity contribution in [2.75, 3.05) is 53.7 Å². The molecule has 0 spiro atoms. The summed E-state index contributed by atoms with van der Waals surface area (Å²) in [5.74, 6) is 0. The molecule has 0 atom stereocenters. The highest BCUT2D eigenvalue weighted by molar-refractivity contribution is 4.93. The van der Waals surface area contributed by atoms with Gasteiger partial charge in [0.15, 0.2) is 0 Å². The van der Waals surface area contributed by atoms with Crippen LogP contribution in [-0.2, 0) is 9.47 Å². The topological polar surface area (TPSA) is 41.9 Å². The Hall–Kier alpha value is -1.20. The molecule has 0 aliphatic rings. The van der Waals surface area contributed by atoms with Crippen LogP contribution in [0.2, 0.25) is 0 Å². The highest BCUT2D eigenvalue weighted by Crippen LogP contribution is 2.20. The monoisotopic (exact) mass is 660 g/mol. The maximum absolute atomic E-state index is 10.3. The Bertz CT molecular complexity index is 675. The maximum atomic E-state index is 10.3. The molecule has 0 bridgehead atoms. The first-order valence-corrected chi connectivity index (χ1v) is 20.1. The molecule has 4 nitrogen and oxygen atoms in total. The highest BCUT2D eigenvalue weighted by Gasteiger charge is 2.31. The second-order valence-corrected chi connectivity index (χ2v) is 14.2. The van der Waals surface area contributed by atoms with Crippen molar-refractivity contribution >= 4 is 0 Å². The third-order valence-electron chi connectivity index (χ3n) is 8.78. The van der Waals surface area contributed by atoms with Gasteiger partial charge in [0, 0.05) is 19.8 Å². The zero-order valence-corrected chi connectivity index (χ0v) is 32.0. The molecule has 0 rings (SSSR count). The van der Waals surface area contributed by atoms with Crippen molar-refractivity contribution in [3.05, 3.63) is 48.6 Å². The molecule has 276 valence electrons. The van der Waals surface area contributed by atoms with E-state index < -0.39 is 0 Å². The molecule has 0 aromatic heterocycles. The van der Waals surface area contributed by atoms with Crippen LogP contribution in [0, 0.1) is 5.41 Å². The van der Waals surface area contributed by atoms with Crippen LogP contribution in [0.15, 0.2) is 48.6 Å². The van der Waals surface area contributed by atoms with E-state index in [1.807, 2.05) is 0 Å². The SMILES string of the molecule is CCCCC/C=C\C/C=C\CCCCCCCCOCC(CO)(COCCCCCCCC/C=C\C/C=C\CCCCC)CN(C)C. The summed E-state index contributed by atoms with van der Waals surface area (Å²) in [6.07, 6.45) is 48.7. The molecule has 47 heavy (non-hydrogen) atoms. The molecular weight excluding hydrogens is 578 g/mol. The summed E-state index contributed by atoms with van der Waals surface area (Å²) in [4.78, 5) is 2.14. The Morgan fingerprint density at radius 3 is 1.15 bits per heavy atom. The second-order valence-electron chi connectivity index (χ2n) is 14.2. The number of rotatable bonds is 37. The molecular formula is C43H81NO3. The number of ether oxygens (including phenoxy) is 2. The van der Waals surface area contributed by atoms with Crippen molar-refractivity contribution in [2.24, 2.45) is 5.41 Å². The van der Waals surface area contributed by atoms with E-state index >= 15 is 0 Å². The van der Waals surface area contributed by atoms with Gasteiger partial charge in [0.25, 0.3) is 0 Å². The normalized spacial score (nSPS) is 12.8. The van der Waals surface area contributed by atoms with Gasteiger partial charge in [-0.2, -0.15) is 0 Å². The summed E-state index contributed by atoms with van der Waals surface area (Å²) < 4.78 is 12.2. The lowest BCUT2D eigenvalue weighted by atomic mass is 9.90. The first kappa shape index (κ1) is 45.8. The van der Waals surface area contributed by atoms with Crippen molar-refractivity contribution in [3.63, 3.8) is 0 Å². The van der Waals surface area contributed by atoms with E-state index in [9.17, 15) is 5.11 Å². The Morgan fingerprint density at radius 1 is 0.468 bits per heavy atom. The summed E-state index contributed by atoms with van der Waals surface area (Å²) in [6.45, 7) is 8.06. The summed E-state index contributed by atoms with van der Waals surface area (Å²) >= 11 is 0. The van der Waals surface area contributed by atoms with Crippen LogP contribution in [0.4, 0.5) is 0 Å². The molecule has 0 aliphatic heterocycles. The van der Waals surface area contributed by atoms with Crippen molar-refractivity contribution in [2.45, 2.75) is 168 Å². The third-order valence-corrected chi connectivity index (χ3v) is 8.78. The molecule has 0 aromatic rings. The number of hydrogen-bond donors (Lipinski definition) is 1. The Morgan fingerprint density at radius 2 is 0.809 bits per heavy atom. The van der Waals surface area contributed by atoms with Gasteiger partial charge in [0.05, 0.1) is 25.2 Å². The van der Waals surface area contributed by atoms with Crippen molar-refractivity contribution in [3.8, 4) is 0 Å². The molecule has 0 unspecified atom stereocenters. The molecule has 0 aromatic carbocycles. The average molecular weight is 660 g/mol. The molecule has 0 fully saturated rings. The van der Waals surface area contributed by atoms with Crippen molar-refractivity contribution < 1.29 is 14.6 Å². The van der Waals surface area contributed by atoms with Crippen molar-refractivity contribution in [1.29, 1.82) is 0 Å². The predicted octanol–water partition coefficient (Wildman–Crippen LogP) is 12.2. The molecule has 4 heteroatoms. The quantitative estimate of drug-likeness (QED) is 0.0532. The Balaban J connectivity index is 3.81. The molecule has 1 N–H and O–H groups in total. The van der Waals surface area contributed by atoms with E-state index in [1.54, 1.807) is 0 Å². The van der Waals surface area contributed by atoms with Crippen LogP contribution in [-0.4, -0.2) is 63.7 Å². The van der Waals surface area contributed by atoms with Crippen LogP contribution in [0.1, 0.15) is 168 Å². The summed E-state index contributed by atoms with van der Waals surface area (Å²) in [6, 6.07) is 0. The zero-order valence-electron chi connectivity index (χ0n) is 32.0. The van der Waals surface area contributed by atoms with Crippen LogP contribution >= 0.6 is 0 Å². The smallest absolute Gasteiger partial charge is 0.0579 e. The van der Waals surface area contributed by atoms with E-state index in [4.69, 9.17) is 9.47 Å². The molecule has 0 heterocycles. The van der Waals surface area contributed by atoms with E-state index in [2.05, 4.69) is 81.5 Å². The van der Waals surface area contributed by atoms with Gasteiger partial charge >= 0.3 is 0 Å². The first-order chi connectivity index (χ1) is 23.1. The summed E-state index contributed by atoms with van der Waals surface area (Å²) in [5, 5.41) is 10.3. The lowest BCUT2D eigenvalue weighted by Gasteiger charge is -2.34. The Kier molecular flexibility index (Phi) is 36.7. The minimum Gasteiger partial charge on any atom is -0.396 e. The fourth-order valence-electron chi connectivity index (χ4n) is 5.91. The number of aliphatic hydroxyl groups is 1. The van der Waals surface area contributed by atoms with Gasteiger partial charge in [0.1, 0.15) is 0 Å². The molecule has 0 radical (unpaired) electrons. The fraction of sp³-hybridized carbons (Fsp3) is 0.814. The van der Waals surface area contributed by atoms with Gasteiger partial charge in [-0.15, -0.1) is 0 Å². The standard InChI is InChI=1S/C43H81NO3/c1-5-7-9-11-13-15-17-19-21-23-25-27-29-31-33-35-37-46-41-43(40-45,39-44(3)4)42-47-38-36-34-32-30-28-26-24-22-20-18-16-14-12-10-8-6-2/h13-16,19-22,45H,5-12,17-18,23-42H2,1-4H3/b15-13-,16-14-,21-19-,22-20-. The second kappa shape index (κ2) is 37.6. The summed E-state index contributed by atoms with van der Waals surface area (Å²) in [5.41, 5.74) is -0.347. The minimum atomic E-state index is -0.347. The molecule has 0 amide bonds. The van der Waals surface area contributed by atoms with Gasteiger partial charge in [-0.25, -0.2) is 0 Å². The minimum absolute atomic E-state index is 0.0958. The van der Waals surface area contributed by atoms with Gasteiger partial charge in [-0.3, -0.25) is 0 Å². The number of allylic oxidation sites excluding steroid dienone is 8. The van der Waals surface area contributed by atoms with E-state index in [1.165, 1.54) is 128 Å². The molecule has 0 saturated heterocycles. The number of nitrogens with zero attached hydrogens (tertiary/aromatic N) is 1. The van der Waals surface area contributed by atoms with E-state index in [0.717, 1.165) is 45.4 Å². The lowest BCUT2D eigenvalue weighted by molar-refractivity contribution is -0.0625. The third kappa shape index (κ3) is 34.5. The van der Waals surface area contributed by atoms with Crippen molar-refractivity contribution in [1.82, 2.24) is 4.90 Å². The highest BCUT2D eigenvalue weighted by atomic mass is 16.5. The number of hydrogen-bond acceptors (Lipinski definition) is 4.